The predicted octanol–water partition coefficient (Wildman–Crippen LogP) is 1.53. The van der Waals surface area contributed by atoms with E-state index in [-0.39, 0.29) is 17.9 Å². The van der Waals surface area contributed by atoms with Crippen LogP contribution in [0.25, 0.3) is 0 Å². The zero-order valence-corrected chi connectivity index (χ0v) is 13.5. The van der Waals surface area contributed by atoms with Crippen LogP contribution >= 0.6 is 15.9 Å². The maximum absolute atomic E-state index is 12.2. The van der Waals surface area contributed by atoms with Crippen LogP contribution in [-0.4, -0.2) is 35.9 Å². The maximum Gasteiger partial charge on any atom is 0.255 e. The molecule has 1 heterocycles. The molecule has 110 valence electrons. The zero-order chi connectivity index (χ0) is 15.3. The second-order valence-electron chi connectivity index (χ2n) is 4.66. The van der Waals surface area contributed by atoms with E-state index in [0.29, 0.717) is 15.9 Å². The molecule has 1 atom stereocenters. The second-order valence-corrected chi connectivity index (χ2v) is 5.57. The average molecular weight is 343 g/mol. The lowest BCUT2D eigenvalue weighted by molar-refractivity contribution is -0.123. The van der Waals surface area contributed by atoms with E-state index in [4.69, 9.17) is 0 Å². The Hall–Kier alpha value is -1.63. The summed E-state index contributed by atoms with van der Waals surface area (Å²) in [6.07, 6.45) is 1.59. The van der Waals surface area contributed by atoms with Gasteiger partial charge in [0.15, 0.2) is 0 Å². The summed E-state index contributed by atoms with van der Waals surface area (Å²) in [4.78, 5) is 28.1. The van der Waals surface area contributed by atoms with Gasteiger partial charge in [-0.15, -0.1) is 0 Å². The largest absolute Gasteiger partial charge is 0.372 e. The molecule has 0 aliphatic carbocycles. The minimum atomic E-state index is -0.617. The standard InChI is InChI=1S/C13H19BrN4O2/c1-7(2)17-12(19)8(3)18-13(20)10-5-9(14)6-16-11(10)15-4/h5-8H,1-4H3,(H,15,16)(H,17,19)(H,18,20). The molecule has 3 N–H and O–H groups in total. The average Bonchev–Trinajstić information content (AvgIpc) is 2.37. The van der Waals surface area contributed by atoms with E-state index in [0.717, 1.165) is 0 Å². The monoisotopic (exact) mass is 342 g/mol. The number of carbonyl (C=O) groups excluding carboxylic acids is 2. The van der Waals surface area contributed by atoms with Crippen molar-refractivity contribution in [2.45, 2.75) is 32.9 Å². The first-order valence-electron chi connectivity index (χ1n) is 6.29. The minimum Gasteiger partial charge on any atom is -0.372 e. The van der Waals surface area contributed by atoms with Gasteiger partial charge in [0.2, 0.25) is 5.91 Å². The van der Waals surface area contributed by atoms with Crippen molar-refractivity contribution in [1.29, 1.82) is 0 Å². The summed E-state index contributed by atoms with van der Waals surface area (Å²) in [5.41, 5.74) is 0.381. The van der Waals surface area contributed by atoms with Gasteiger partial charge in [-0.05, 0) is 42.8 Å². The van der Waals surface area contributed by atoms with E-state index in [1.807, 2.05) is 13.8 Å². The van der Waals surface area contributed by atoms with Gasteiger partial charge in [0.05, 0.1) is 5.56 Å². The van der Waals surface area contributed by atoms with E-state index in [1.54, 1.807) is 26.2 Å². The first-order valence-corrected chi connectivity index (χ1v) is 7.09. The highest BCUT2D eigenvalue weighted by molar-refractivity contribution is 9.10. The van der Waals surface area contributed by atoms with Gasteiger partial charge in [-0.25, -0.2) is 4.98 Å². The molecule has 0 fully saturated rings. The Morgan fingerprint density at radius 3 is 2.45 bits per heavy atom. The van der Waals surface area contributed by atoms with Crippen LogP contribution in [0.1, 0.15) is 31.1 Å². The Morgan fingerprint density at radius 1 is 1.25 bits per heavy atom. The number of nitrogens with one attached hydrogen (secondary N) is 3. The minimum absolute atomic E-state index is 0.0299. The first-order chi connectivity index (χ1) is 9.35. The lowest BCUT2D eigenvalue weighted by Gasteiger charge is -2.17. The van der Waals surface area contributed by atoms with Crippen LogP contribution in [0.15, 0.2) is 16.7 Å². The zero-order valence-electron chi connectivity index (χ0n) is 12.0. The molecule has 0 aliphatic heterocycles. The van der Waals surface area contributed by atoms with Gasteiger partial charge in [0.25, 0.3) is 5.91 Å². The molecule has 2 amide bonds. The van der Waals surface area contributed by atoms with Crippen molar-refractivity contribution in [3.63, 3.8) is 0 Å². The summed E-state index contributed by atoms with van der Waals surface area (Å²) in [5.74, 6) is -0.112. The molecular formula is C13H19BrN4O2. The Balaban J connectivity index is 2.81. The van der Waals surface area contributed by atoms with Gasteiger partial charge < -0.3 is 16.0 Å². The highest BCUT2D eigenvalue weighted by atomic mass is 79.9. The van der Waals surface area contributed by atoms with E-state index < -0.39 is 6.04 Å². The topological polar surface area (TPSA) is 83.1 Å². The molecule has 0 spiro atoms. The molecule has 0 bridgehead atoms. The Kier molecular flexibility index (Phi) is 5.94. The fourth-order valence-corrected chi connectivity index (χ4v) is 1.89. The molecule has 0 radical (unpaired) electrons. The number of nitrogens with zero attached hydrogens (tertiary/aromatic N) is 1. The summed E-state index contributed by atoms with van der Waals surface area (Å²) < 4.78 is 0.695. The normalized spacial score (nSPS) is 11.9. The quantitative estimate of drug-likeness (QED) is 0.757. The number of hydrogen-bond acceptors (Lipinski definition) is 4. The molecule has 0 saturated heterocycles. The maximum atomic E-state index is 12.2. The number of hydrogen-bond donors (Lipinski definition) is 3. The first kappa shape index (κ1) is 16.4. The number of anilines is 1. The van der Waals surface area contributed by atoms with Crippen molar-refractivity contribution in [2.24, 2.45) is 0 Å². The number of amides is 2. The van der Waals surface area contributed by atoms with Crippen molar-refractivity contribution in [1.82, 2.24) is 15.6 Å². The highest BCUT2D eigenvalue weighted by Crippen LogP contribution is 2.17. The number of pyridine rings is 1. The van der Waals surface area contributed by atoms with Gasteiger partial charge in [-0.3, -0.25) is 9.59 Å². The van der Waals surface area contributed by atoms with Crippen molar-refractivity contribution in [3.8, 4) is 0 Å². The summed E-state index contributed by atoms with van der Waals surface area (Å²) in [6, 6.07) is 1.07. The number of rotatable bonds is 5. The SMILES string of the molecule is CNc1ncc(Br)cc1C(=O)NC(C)C(=O)NC(C)C. The van der Waals surface area contributed by atoms with Gasteiger partial charge in [-0.2, -0.15) is 0 Å². The molecule has 1 aromatic rings. The molecule has 0 aliphatic rings. The van der Waals surface area contributed by atoms with Crippen LogP contribution in [0.3, 0.4) is 0 Å². The van der Waals surface area contributed by atoms with E-state index in [1.165, 1.54) is 0 Å². The Bertz CT molecular complexity index is 505. The van der Waals surface area contributed by atoms with Crippen LogP contribution in [0.4, 0.5) is 5.82 Å². The lowest BCUT2D eigenvalue weighted by atomic mass is 10.2. The molecular weight excluding hydrogens is 324 g/mol. The van der Waals surface area contributed by atoms with Gasteiger partial charge in [-0.1, -0.05) is 0 Å². The number of aromatic nitrogens is 1. The predicted molar refractivity (Wildman–Crippen MR) is 81.7 cm³/mol. The van der Waals surface area contributed by atoms with Crippen molar-refractivity contribution < 1.29 is 9.59 Å². The van der Waals surface area contributed by atoms with Crippen molar-refractivity contribution in [2.75, 3.05) is 12.4 Å². The molecule has 1 aromatic heterocycles. The van der Waals surface area contributed by atoms with Gasteiger partial charge in [0, 0.05) is 23.8 Å². The van der Waals surface area contributed by atoms with E-state index in [9.17, 15) is 9.59 Å². The number of halogens is 1. The van der Waals surface area contributed by atoms with Crippen LogP contribution in [0.5, 0.6) is 0 Å². The fourth-order valence-electron chi connectivity index (χ4n) is 1.56. The van der Waals surface area contributed by atoms with Crippen LogP contribution in [0.2, 0.25) is 0 Å². The highest BCUT2D eigenvalue weighted by Gasteiger charge is 2.19. The number of carbonyl (C=O) groups is 2. The molecule has 0 saturated carbocycles. The van der Waals surface area contributed by atoms with Gasteiger partial charge in [0.1, 0.15) is 11.9 Å². The fraction of sp³-hybridized carbons (Fsp3) is 0.462. The van der Waals surface area contributed by atoms with Crippen molar-refractivity contribution in [3.05, 3.63) is 22.3 Å². The third-order valence-electron chi connectivity index (χ3n) is 2.51. The summed E-state index contributed by atoms with van der Waals surface area (Å²) >= 11 is 3.27. The summed E-state index contributed by atoms with van der Waals surface area (Å²) in [7, 11) is 1.68. The summed E-state index contributed by atoms with van der Waals surface area (Å²) in [6.45, 7) is 5.37. The smallest absolute Gasteiger partial charge is 0.255 e. The molecule has 7 heteroatoms. The molecule has 1 rings (SSSR count). The summed E-state index contributed by atoms with van der Waals surface area (Å²) in [5, 5.41) is 8.24. The van der Waals surface area contributed by atoms with Crippen LogP contribution in [0, 0.1) is 0 Å². The molecule has 20 heavy (non-hydrogen) atoms. The van der Waals surface area contributed by atoms with Crippen LogP contribution in [-0.2, 0) is 4.79 Å². The molecule has 6 nitrogen and oxygen atoms in total. The van der Waals surface area contributed by atoms with E-state index >= 15 is 0 Å². The van der Waals surface area contributed by atoms with E-state index in [2.05, 4.69) is 36.9 Å². The van der Waals surface area contributed by atoms with Crippen molar-refractivity contribution >= 4 is 33.6 Å². The lowest BCUT2D eigenvalue weighted by Crippen LogP contribution is -2.46. The van der Waals surface area contributed by atoms with Gasteiger partial charge >= 0.3 is 0 Å². The second kappa shape index (κ2) is 7.23. The molecule has 0 aromatic carbocycles. The third-order valence-corrected chi connectivity index (χ3v) is 2.94. The molecule has 1 unspecified atom stereocenters. The Morgan fingerprint density at radius 2 is 1.90 bits per heavy atom. The van der Waals surface area contributed by atoms with Crippen LogP contribution < -0.4 is 16.0 Å². The Labute approximate surface area is 126 Å². The third kappa shape index (κ3) is 4.48.